The second-order valence-electron chi connectivity index (χ2n) is 4.02. The zero-order valence-corrected chi connectivity index (χ0v) is 10.4. The van der Waals surface area contributed by atoms with Crippen LogP contribution >= 0.6 is 0 Å². The van der Waals surface area contributed by atoms with Crippen molar-refractivity contribution in [2.75, 3.05) is 0 Å². The molecule has 0 aliphatic rings. The van der Waals surface area contributed by atoms with Crippen LogP contribution in [0.2, 0.25) is 0 Å². The summed E-state index contributed by atoms with van der Waals surface area (Å²) in [7, 11) is 0. The minimum Gasteiger partial charge on any atom is -0.508 e. The fraction of sp³-hybridized carbons (Fsp3) is 0.0714. The summed E-state index contributed by atoms with van der Waals surface area (Å²) in [6, 6.07) is 12.2. The number of ether oxygens (including phenoxy) is 1. The number of nitro groups is 1. The Balaban J connectivity index is 2.17. The highest BCUT2D eigenvalue weighted by atomic mass is 16.6. The van der Waals surface area contributed by atoms with E-state index < -0.39 is 16.6 Å². The molecule has 0 fully saturated rings. The van der Waals surface area contributed by atoms with Gasteiger partial charge in [-0.1, -0.05) is 30.3 Å². The monoisotopic (exact) mass is 273 g/mol. The Morgan fingerprint density at radius 3 is 2.55 bits per heavy atom. The summed E-state index contributed by atoms with van der Waals surface area (Å²) in [5.74, 6) is -1.08. The molecule has 6 nitrogen and oxygen atoms in total. The van der Waals surface area contributed by atoms with Gasteiger partial charge in [0, 0.05) is 12.1 Å². The Morgan fingerprint density at radius 1 is 1.20 bits per heavy atom. The smallest absolute Gasteiger partial charge is 0.345 e. The van der Waals surface area contributed by atoms with Gasteiger partial charge in [-0.25, -0.2) is 4.79 Å². The maximum Gasteiger partial charge on any atom is 0.345 e. The summed E-state index contributed by atoms with van der Waals surface area (Å²) in [6.07, 6.45) is 0. The normalized spacial score (nSPS) is 10.0. The molecule has 0 radical (unpaired) electrons. The van der Waals surface area contributed by atoms with Gasteiger partial charge in [0.2, 0.25) is 0 Å². The number of carbonyl (C=O) groups is 1. The van der Waals surface area contributed by atoms with Gasteiger partial charge in [-0.2, -0.15) is 0 Å². The van der Waals surface area contributed by atoms with Gasteiger partial charge in [0.1, 0.15) is 17.9 Å². The maximum atomic E-state index is 11.9. The van der Waals surface area contributed by atoms with Crippen LogP contribution < -0.4 is 0 Å². The molecule has 20 heavy (non-hydrogen) atoms. The number of aromatic hydroxyl groups is 1. The molecular formula is C14H11NO5. The predicted octanol–water partition coefficient (Wildman–Crippen LogP) is 2.66. The number of esters is 1. The third kappa shape index (κ3) is 3.11. The summed E-state index contributed by atoms with van der Waals surface area (Å²) < 4.78 is 5.01. The van der Waals surface area contributed by atoms with E-state index in [0.29, 0.717) is 0 Å². The molecule has 0 spiro atoms. The topological polar surface area (TPSA) is 89.7 Å². The van der Waals surface area contributed by atoms with E-state index in [9.17, 15) is 20.0 Å². The van der Waals surface area contributed by atoms with Crippen molar-refractivity contribution in [3.05, 3.63) is 69.8 Å². The van der Waals surface area contributed by atoms with Crippen LogP contribution in [0.15, 0.2) is 48.5 Å². The largest absolute Gasteiger partial charge is 0.508 e. The molecule has 6 heteroatoms. The highest BCUT2D eigenvalue weighted by Gasteiger charge is 2.22. The van der Waals surface area contributed by atoms with Gasteiger partial charge in [0.05, 0.1) is 4.92 Å². The highest BCUT2D eigenvalue weighted by Crippen LogP contribution is 2.24. The molecule has 2 aromatic carbocycles. The van der Waals surface area contributed by atoms with Crippen LogP contribution in [0.5, 0.6) is 5.75 Å². The third-order valence-electron chi connectivity index (χ3n) is 2.61. The van der Waals surface area contributed by atoms with Crippen molar-refractivity contribution in [1.82, 2.24) is 0 Å². The third-order valence-corrected chi connectivity index (χ3v) is 2.61. The number of nitro benzene ring substituents is 1. The zero-order chi connectivity index (χ0) is 14.5. The highest BCUT2D eigenvalue weighted by molar-refractivity contribution is 5.94. The Hall–Kier alpha value is -2.89. The van der Waals surface area contributed by atoms with Crippen molar-refractivity contribution in [3.8, 4) is 5.75 Å². The number of carbonyl (C=O) groups excluding carboxylic acids is 1. The molecule has 1 N–H and O–H groups in total. The molecule has 2 rings (SSSR count). The zero-order valence-electron chi connectivity index (χ0n) is 10.4. The van der Waals surface area contributed by atoms with Gasteiger partial charge in [-0.05, 0) is 11.6 Å². The van der Waals surface area contributed by atoms with Crippen LogP contribution in [-0.4, -0.2) is 16.0 Å². The Kier molecular flexibility index (Phi) is 3.95. The lowest BCUT2D eigenvalue weighted by molar-refractivity contribution is -0.385. The molecule has 0 amide bonds. The van der Waals surface area contributed by atoms with Gasteiger partial charge < -0.3 is 9.84 Å². The number of phenolic OH excluding ortho intramolecular Hbond substituents is 1. The molecule has 0 aliphatic heterocycles. The van der Waals surface area contributed by atoms with Crippen molar-refractivity contribution in [3.63, 3.8) is 0 Å². The van der Waals surface area contributed by atoms with E-state index >= 15 is 0 Å². The lowest BCUT2D eigenvalue weighted by Crippen LogP contribution is -2.08. The SMILES string of the molecule is O=C(OCc1ccccc1)c1cc(O)ccc1[N+](=O)[O-]. The maximum absolute atomic E-state index is 11.9. The quantitative estimate of drug-likeness (QED) is 0.525. The molecular weight excluding hydrogens is 262 g/mol. The van der Waals surface area contributed by atoms with Gasteiger partial charge in [-0.3, -0.25) is 10.1 Å². The number of phenols is 1. The minimum absolute atomic E-state index is 0.00643. The fourth-order valence-electron chi connectivity index (χ4n) is 1.65. The van der Waals surface area contributed by atoms with E-state index in [2.05, 4.69) is 0 Å². The van der Waals surface area contributed by atoms with Crippen LogP contribution in [0.25, 0.3) is 0 Å². The van der Waals surface area contributed by atoms with E-state index in [4.69, 9.17) is 4.74 Å². The average Bonchev–Trinajstić information content (AvgIpc) is 2.45. The van der Waals surface area contributed by atoms with Crippen molar-refractivity contribution in [2.24, 2.45) is 0 Å². The van der Waals surface area contributed by atoms with Crippen molar-refractivity contribution in [1.29, 1.82) is 0 Å². The first kappa shape index (κ1) is 13.5. The predicted molar refractivity (Wildman–Crippen MR) is 70.3 cm³/mol. The Morgan fingerprint density at radius 2 is 1.90 bits per heavy atom. The van der Waals surface area contributed by atoms with Crippen LogP contribution in [0.3, 0.4) is 0 Å². The van der Waals surface area contributed by atoms with Crippen molar-refractivity contribution >= 4 is 11.7 Å². The summed E-state index contributed by atoms with van der Waals surface area (Å²) in [5, 5.41) is 20.2. The summed E-state index contributed by atoms with van der Waals surface area (Å²) in [4.78, 5) is 22.0. The molecule has 0 unspecified atom stereocenters. The number of hydrogen-bond donors (Lipinski definition) is 1. The summed E-state index contributed by atoms with van der Waals surface area (Å²) in [6.45, 7) is 0.00643. The molecule has 0 aromatic heterocycles. The lowest BCUT2D eigenvalue weighted by atomic mass is 10.1. The second kappa shape index (κ2) is 5.83. The lowest BCUT2D eigenvalue weighted by Gasteiger charge is -2.06. The van der Waals surface area contributed by atoms with Crippen LogP contribution in [0.1, 0.15) is 15.9 Å². The molecule has 0 heterocycles. The van der Waals surface area contributed by atoms with Crippen molar-refractivity contribution < 1.29 is 19.6 Å². The fourth-order valence-corrected chi connectivity index (χ4v) is 1.65. The van der Waals surface area contributed by atoms with Gasteiger partial charge >= 0.3 is 5.97 Å². The van der Waals surface area contributed by atoms with Gasteiger partial charge in [0.15, 0.2) is 0 Å². The number of nitrogens with zero attached hydrogens (tertiary/aromatic N) is 1. The average molecular weight is 273 g/mol. The van der Waals surface area contributed by atoms with Gasteiger partial charge in [-0.15, -0.1) is 0 Å². The van der Waals surface area contributed by atoms with E-state index in [1.807, 2.05) is 6.07 Å². The first-order chi connectivity index (χ1) is 9.58. The molecule has 0 aliphatic carbocycles. The molecule has 0 atom stereocenters. The first-order valence-electron chi connectivity index (χ1n) is 5.76. The number of hydrogen-bond acceptors (Lipinski definition) is 5. The Bertz CT molecular complexity index is 639. The van der Waals surface area contributed by atoms with Gasteiger partial charge in [0.25, 0.3) is 5.69 Å². The number of rotatable bonds is 4. The van der Waals surface area contributed by atoms with Crippen LogP contribution in [0, 0.1) is 10.1 Å². The van der Waals surface area contributed by atoms with Crippen molar-refractivity contribution in [2.45, 2.75) is 6.61 Å². The second-order valence-corrected chi connectivity index (χ2v) is 4.02. The molecule has 0 saturated heterocycles. The molecule has 0 saturated carbocycles. The molecule has 2 aromatic rings. The number of benzene rings is 2. The minimum atomic E-state index is -0.851. The molecule has 102 valence electrons. The molecule has 0 bridgehead atoms. The van der Waals surface area contributed by atoms with Crippen LogP contribution in [0.4, 0.5) is 5.69 Å². The summed E-state index contributed by atoms with van der Waals surface area (Å²) in [5.41, 5.74) is 0.0930. The van der Waals surface area contributed by atoms with E-state index in [1.54, 1.807) is 24.3 Å². The van der Waals surface area contributed by atoms with E-state index in [-0.39, 0.29) is 17.9 Å². The first-order valence-corrected chi connectivity index (χ1v) is 5.76. The van der Waals surface area contributed by atoms with E-state index in [0.717, 1.165) is 23.8 Å². The summed E-state index contributed by atoms with van der Waals surface area (Å²) >= 11 is 0. The standard InChI is InChI=1S/C14H11NO5/c16-11-6-7-13(15(18)19)12(8-11)14(17)20-9-10-4-2-1-3-5-10/h1-8,16H,9H2. The van der Waals surface area contributed by atoms with Crippen LogP contribution in [-0.2, 0) is 11.3 Å². The Labute approximate surface area is 114 Å². The van der Waals surface area contributed by atoms with E-state index in [1.165, 1.54) is 0 Å².